The van der Waals surface area contributed by atoms with Gasteiger partial charge < -0.3 is 10.1 Å². The first-order chi connectivity index (χ1) is 9.55. The molecule has 2 aromatic rings. The molecule has 2 rings (SSSR count). The van der Waals surface area contributed by atoms with Crippen LogP contribution in [0.1, 0.15) is 27.2 Å². The van der Waals surface area contributed by atoms with Gasteiger partial charge in [0, 0.05) is 29.0 Å². The first-order valence-corrected chi connectivity index (χ1v) is 7.30. The molecule has 0 aliphatic rings. The number of hydrogen-bond acceptors (Lipinski definition) is 4. The van der Waals surface area contributed by atoms with Crippen molar-refractivity contribution in [3.8, 4) is 5.75 Å². The summed E-state index contributed by atoms with van der Waals surface area (Å²) >= 11 is 1.67. The lowest BCUT2D eigenvalue weighted by atomic mass is 10.0. The van der Waals surface area contributed by atoms with E-state index in [9.17, 15) is 4.39 Å². The van der Waals surface area contributed by atoms with Gasteiger partial charge in [-0.2, -0.15) is 0 Å². The third-order valence-electron chi connectivity index (χ3n) is 3.38. The van der Waals surface area contributed by atoms with Crippen LogP contribution in [-0.4, -0.2) is 19.1 Å². The molecule has 0 saturated heterocycles. The summed E-state index contributed by atoms with van der Waals surface area (Å²) < 4.78 is 19.2. The van der Waals surface area contributed by atoms with Crippen LogP contribution < -0.4 is 10.1 Å². The number of halogens is 1. The number of benzene rings is 1. The van der Waals surface area contributed by atoms with Gasteiger partial charge in [0.05, 0.1) is 17.8 Å². The lowest BCUT2D eigenvalue weighted by Gasteiger charge is -2.16. The normalized spacial score (nSPS) is 12.4. The van der Waals surface area contributed by atoms with E-state index < -0.39 is 0 Å². The minimum Gasteiger partial charge on any atom is -0.497 e. The Morgan fingerprint density at radius 1 is 1.40 bits per heavy atom. The van der Waals surface area contributed by atoms with Gasteiger partial charge in [-0.05, 0) is 27.0 Å². The predicted molar refractivity (Wildman–Crippen MR) is 80.0 cm³/mol. The van der Waals surface area contributed by atoms with Crippen LogP contribution in [0.3, 0.4) is 0 Å². The van der Waals surface area contributed by atoms with E-state index in [1.165, 1.54) is 18.1 Å². The number of aryl methyl sites for hydroxylation is 2. The molecular weight excluding hydrogens is 275 g/mol. The minimum atomic E-state index is -0.256. The van der Waals surface area contributed by atoms with E-state index in [0.29, 0.717) is 17.7 Å². The number of thiazole rings is 1. The van der Waals surface area contributed by atoms with Crippen LogP contribution in [0.25, 0.3) is 0 Å². The van der Waals surface area contributed by atoms with Crippen LogP contribution in [0.15, 0.2) is 18.2 Å². The highest BCUT2D eigenvalue weighted by Gasteiger charge is 2.17. The van der Waals surface area contributed by atoms with Gasteiger partial charge in [0.1, 0.15) is 11.6 Å². The van der Waals surface area contributed by atoms with Crippen molar-refractivity contribution in [1.82, 2.24) is 10.3 Å². The Morgan fingerprint density at radius 3 is 2.65 bits per heavy atom. The molecule has 1 heterocycles. The molecule has 0 bridgehead atoms. The maximum Gasteiger partial charge on any atom is 0.131 e. The third-order valence-corrected chi connectivity index (χ3v) is 4.48. The van der Waals surface area contributed by atoms with Crippen molar-refractivity contribution >= 4 is 11.3 Å². The number of rotatable bonds is 5. The van der Waals surface area contributed by atoms with Crippen LogP contribution >= 0.6 is 11.3 Å². The summed E-state index contributed by atoms with van der Waals surface area (Å²) in [6.45, 7) is 4.05. The number of ether oxygens (including phenoxy) is 1. The van der Waals surface area contributed by atoms with Gasteiger partial charge in [-0.3, -0.25) is 0 Å². The highest BCUT2D eigenvalue weighted by molar-refractivity contribution is 7.11. The molecule has 1 atom stereocenters. The quantitative estimate of drug-likeness (QED) is 0.917. The number of likely N-dealkylation sites (N-methyl/N-ethyl adjacent to an activating group) is 1. The molecule has 3 nitrogen and oxygen atoms in total. The summed E-state index contributed by atoms with van der Waals surface area (Å²) in [5.41, 5.74) is 1.69. The average Bonchev–Trinajstić information content (AvgIpc) is 2.75. The van der Waals surface area contributed by atoms with Crippen molar-refractivity contribution in [2.75, 3.05) is 14.2 Å². The van der Waals surface area contributed by atoms with Gasteiger partial charge >= 0.3 is 0 Å². The fourth-order valence-electron chi connectivity index (χ4n) is 2.09. The van der Waals surface area contributed by atoms with Gasteiger partial charge in [-0.25, -0.2) is 9.37 Å². The van der Waals surface area contributed by atoms with E-state index in [2.05, 4.69) is 17.2 Å². The van der Waals surface area contributed by atoms with E-state index in [4.69, 9.17) is 4.74 Å². The summed E-state index contributed by atoms with van der Waals surface area (Å²) in [5, 5.41) is 4.18. The molecular formula is C15H19FN2OS. The molecule has 1 N–H and O–H groups in total. The Kier molecular flexibility index (Phi) is 4.73. The van der Waals surface area contributed by atoms with E-state index in [1.807, 2.05) is 14.0 Å². The first kappa shape index (κ1) is 14.9. The zero-order chi connectivity index (χ0) is 14.7. The summed E-state index contributed by atoms with van der Waals surface area (Å²) in [6, 6.07) is 4.87. The molecule has 0 saturated carbocycles. The molecule has 5 heteroatoms. The van der Waals surface area contributed by atoms with Crippen molar-refractivity contribution < 1.29 is 9.13 Å². The summed E-state index contributed by atoms with van der Waals surface area (Å²) in [7, 11) is 3.37. The average molecular weight is 294 g/mol. The van der Waals surface area contributed by atoms with Crippen LogP contribution in [0.5, 0.6) is 5.75 Å². The Bertz CT molecular complexity index is 578. The monoisotopic (exact) mass is 294 g/mol. The Balaban J connectivity index is 2.23. The number of hydrogen-bond donors (Lipinski definition) is 1. The zero-order valence-electron chi connectivity index (χ0n) is 12.2. The molecule has 0 radical (unpaired) electrons. The van der Waals surface area contributed by atoms with Gasteiger partial charge in [0.15, 0.2) is 0 Å². The van der Waals surface area contributed by atoms with Crippen LogP contribution in [0, 0.1) is 19.7 Å². The molecule has 108 valence electrons. The SMILES string of the molecule is CNC(Cc1nc(C)c(C)s1)c1ccc(OC)cc1F. The van der Waals surface area contributed by atoms with E-state index >= 15 is 0 Å². The van der Waals surface area contributed by atoms with E-state index in [0.717, 1.165) is 10.7 Å². The number of nitrogens with zero attached hydrogens (tertiary/aromatic N) is 1. The molecule has 0 aliphatic carbocycles. The van der Waals surface area contributed by atoms with Crippen molar-refractivity contribution in [2.24, 2.45) is 0 Å². The standard InChI is InChI=1S/C15H19FN2OS/c1-9-10(2)20-15(18-9)8-14(17-3)12-6-5-11(19-4)7-13(12)16/h5-7,14,17H,8H2,1-4H3. The molecule has 0 spiro atoms. The second kappa shape index (κ2) is 6.33. The Labute approximate surface area is 122 Å². The number of methoxy groups -OCH3 is 1. The molecule has 0 aliphatic heterocycles. The van der Waals surface area contributed by atoms with Crippen molar-refractivity contribution in [3.05, 3.63) is 45.2 Å². The largest absolute Gasteiger partial charge is 0.497 e. The Morgan fingerprint density at radius 2 is 2.15 bits per heavy atom. The van der Waals surface area contributed by atoms with Gasteiger partial charge in [0.25, 0.3) is 0 Å². The second-order valence-corrected chi connectivity index (χ2v) is 5.97. The van der Waals surface area contributed by atoms with E-state index in [1.54, 1.807) is 23.5 Å². The van der Waals surface area contributed by atoms with Gasteiger partial charge in [-0.15, -0.1) is 11.3 Å². The highest BCUT2D eigenvalue weighted by atomic mass is 32.1. The fraction of sp³-hybridized carbons (Fsp3) is 0.400. The summed E-state index contributed by atoms with van der Waals surface area (Å²) in [5.74, 6) is 0.274. The number of aromatic nitrogens is 1. The first-order valence-electron chi connectivity index (χ1n) is 6.48. The molecule has 0 fully saturated rings. The maximum absolute atomic E-state index is 14.1. The fourth-order valence-corrected chi connectivity index (χ4v) is 3.07. The van der Waals surface area contributed by atoms with Crippen LogP contribution in [0.2, 0.25) is 0 Å². The second-order valence-electron chi connectivity index (χ2n) is 4.68. The third kappa shape index (κ3) is 3.16. The van der Waals surface area contributed by atoms with Crippen LogP contribution in [0.4, 0.5) is 4.39 Å². The van der Waals surface area contributed by atoms with E-state index in [-0.39, 0.29) is 11.9 Å². The summed E-state index contributed by atoms with van der Waals surface area (Å²) in [4.78, 5) is 5.73. The lowest BCUT2D eigenvalue weighted by molar-refractivity contribution is 0.409. The predicted octanol–water partition coefficient (Wildman–Crippen LogP) is 3.41. The maximum atomic E-state index is 14.1. The van der Waals surface area contributed by atoms with Gasteiger partial charge in [-0.1, -0.05) is 6.07 Å². The summed E-state index contributed by atoms with van der Waals surface area (Å²) in [6.07, 6.45) is 0.680. The zero-order valence-corrected chi connectivity index (χ0v) is 13.0. The lowest BCUT2D eigenvalue weighted by Crippen LogP contribution is -2.20. The number of nitrogens with one attached hydrogen (secondary N) is 1. The van der Waals surface area contributed by atoms with Crippen molar-refractivity contribution in [3.63, 3.8) is 0 Å². The molecule has 20 heavy (non-hydrogen) atoms. The van der Waals surface area contributed by atoms with Crippen molar-refractivity contribution in [1.29, 1.82) is 0 Å². The minimum absolute atomic E-state index is 0.0918. The van der Waals surface area contributed by atoms with Gasteiger partial charge in [0.2, 0.25) is 0 Å². The highest BCUT2D eigenvalue weighted by Crippen LogP contribution is 2.26. The topological polar surface area (TPSA) is 34.2 Å². The van der Waals surface area contributed by atoms with Crippen molar-refractivity contribution in [2.45, 2.75) is 26.3 Å². The molecule has 0 amide bonds. The van der Waals surface area contributed by atoms with Crippen LogP contribution in [-0.2, 0) is 6.42 Å². The molecule has 1 aromatic carbocycles. The Hall–Kier alpha value is -1.46. The molecule has 1 unspecified atom stereocenters. The smallest absolute Gasteiger partial charge is 0.131 e. The molecule has 1 aromatic heterocycles.